The number of carbonyl (C=O) groups is 1. The second-order valence-corrected chi connectivity index (χ2v) is 8.66. The molecule has 0 radical (unpaired) electrons. The standard InChI is InChI=1S/C26H36N2O2/c1-3-5-6-7-9-25(29)30-24-18-27-26(28-19-24)23-16-14-22(15-17-23)21-12-10-20(8-4-2)11-13-21/h14-21H,3-13H2,1-2H3/t20-,21-. The molecule has 1 heterocycles. The second kappa shape index (κ2) is 11.8. The number of unbranched alkanes of at least 4 members (excludes halogenated alkanes) is 3. The number of hydrogen-bond acceptors (Lipinski definition) is 4. The van der Waals surface area contributed by atoms with Gasteiger partial charge in [-0.3, -0.25) is 4.79 Å². The highest BCUT2D eigenvalue weighted by Gasteiger charge is 2.21. The number of rotatable bonds is 10. The van der Waals surface area contributed by atoms with Crippen molar-refractivity contribution in [2.75, 3.05) is 0 Å². The van der Waals surface area contributed by atoms with E-state index < -0.39 is 0 Å². The summed E-state index contributed by atoms with van der Waals surface area (Å²) in [6, 6.07) is 8.69. The van der Waals surface area contributed by atoms with Gasteiger partial charge >= 0.3 is 5.97 Å². The molecule has 3 rings (SSSR count). The summed E-state index contributed by atoms with van der Waals surface area (Å²) in [6.07, 6.45) is 15.9. The first-order valence-electron chi connectivity index (χ1n) is 11.8. The third-order valence-electron chi connectivity index (χ3n) is 6.28. The SMILES string of the molecule is CCCCCCC(=O)Oc1cnc(-c2ccc([C@H]3CC[C@H](CCC)CC3)cc2)nc1. The van der Waals surface area contributed by atoms with Crippen LogP contribution in [0.1, 0.15) is 96.0 Å². The van der Waals surface area contributed by atoms with E-state index in [-0.39, 0.29) is 5.97 Å². The molecule has 1 aliphatic carbocycles. The first-order valence-corrected chi connectivity index (χ1v) is 11.8. The topological polar surface area (TPSA) is 52.1 Å². The molecule has 0 aliphatic heterocycles. The third-order valence-corrected chi connectivity index (χ3v) is 6.28. The largest absolute Gasteiger partial charge is 0.423 e. The number of ether oxygens (including phenoxy) is 1. The van der Waals surface area contributed by atoms with Crippen molar-refractivity contribution in [3.63, 3.8) is 0 Å². The van der Waals surface area contributed by atoms with Gasteiger partial charge in [0.1, 0.15) is 0 Å². The number of nitrogens with zero attached hydrogens (tertiary/aromatic N) is 2. The molecule has 0 bridgehead atoms. The Labute approximate surface area is 181 Å². The molecule has 1 aliphatic rings. The van der Waals surface area contributed by atoms with Crippen molar-refractivity contribution in [2.45, 2.75) is 90.4 Å². The summed E-state index contributed by atoms with van der Waals surface area (Å²) in [5.74, 6) is 2.49. The minimum atomic E-state index is -0.208. The van der Waals surface area contributed by atoms with Crippen LogP contribution in [0, 0.1) is 5.92 Å². The van der Waals surface area contributed by atoms with Crippen LogP contribution in [0.2, 0.25) is 0 Å². The minimum Gasteiger partial charge on any atom is -0.423 e. The Balaban J connectivity index is 1.51. The van der Waals surface area contributed by atoms with Gasteiger partial charge in [-0.1, -0.05) is 70.2 Å². The molecule has 0 atom stereocenters. The molecule has 1 saturated carbocycles. The summed E-state index contributed by atoms with van der Waals surface area (Å²) >= 11 is 0. The fraction of sp³-hybridized carbons (Fsp3) is 0.577. The molecule has 0 saturated heterocycles. The summed E-state index contributed by atoms with van der Waals surface area (Å²) in [6.45, 7) is 4.45. The molecule has 4 heteroatoms. The second-order valence-electron chi connectivity index (χ2n) is 8.66. The summed E-state index contributed by atoms with van der Waals surface area (Å²) in [4.78, 5) is 20.7. The Morgan fingerprint density at radius 3 is 2.27 bits per heavy atom. The lowest BCUT2D eigenvalue weighted by Gasteiger charge is -2.28. The quantitative estimate of drug-likeness (QED) is 0.311. The van der Waals surface area contributed by atoms with E-state index in [4.69, 9.17) is 4.74 Å². The Bertz CT molecular complexity index is 763. The van der Waals surface area contributed by atoms with E-state index >= 15 is 0 Å². The predicted molar refractivity (Wildman–Crippen MR) is 121 cm³/mol. The predicted octanol–water partition coefficient (Wildman–Crippen LogP) is 7.09. The molecule has 1 fully saturated rings. The lowest BCUT2D eigenvalue weighted by atomic mass is 9.77. The van der Waals surface area contributed by atoms with Gasteiger partial charge in [-0.2, -0.15) is 0 Å². The van der Waals surface area contributed by atoms with Gasteiger partial charge in [0.15, 0.2) is 11.6 Å². The third kappa shape index (κ3) is 6.65. The highest BCUT2D eigenvalue weighted by atomic mass is 16.5. The normalized spacial score (nSPS) is 18.9. The van der Waals surface area contributed by atoms with Crippen LogP contribution in [0.4, 0.5) is 0 Å². The van der Waals surface area contributed by atoms with Crippen LogP contribution in [0.15, 0.2) is 36.7 Å². The van der Waals surface area contributed by atoms with Crippen molar-refractivity contribution < 1.29 is 9.53 Å². The zero-order chi connectivity index (χ0) is 21.2. The zero-order valence-corrected chi connectivity index (χ0v) is 18.6. The molecule has 1 aromatic heterocycles. The van der Waals surface area contributed by atoms with Crippen molar-refractivity contribution in [1.82, 2.24) is 9.97 Å². The van der Waals surface area contributed by atoms with Crippen LogP contribution in [-0.4, -0.2) is 15.9 Å². The van der Waals surface area contributed by atoms with Crippen LogP contribution >= 0.6 is 0 Å². The molecule has 0 unspecified atom stereocenters. The lowest BCUT2D eigenvalue weighted by molar-refractivity contribution is -0.134. The summed E-state index contributed by atoms with van der Waals surface area (Å²) < 4.78 is 5.35. The number of esters is 1. The van der Waals surface area contributed by atoms with Crippen LogP contribution in [0.5, 0.6) is 5.75 Å². The van der Waals surface area contributed by atoms with Crippen molar-refractivity contribution in [1.29, 1.82) is 0 Å². The number of benzene rings is 1. The summed E-state index contributed by atoms with van der Waals surface area (Å²) in [7, 11) is 0. The Morgan fingerprint density at radius 2 is 1.63 bits per heavy atom. The number of aromatic nitrogens is 2. The van der Waals surface area contributed by atoms with Crippen LogP contribution in [-0.2, 0) is 4.79 Å². The van der Waals surface area contributed by atoms with Gasteiger partial charge in [-0.15, -0.1) is 0 Å². The van der Waals surface area contributed by atoms with Gasteiger partial charge in [0.25, 0.3) is 0 Å². The van der Waals surface area contributed by atoms with Gasteiger partial charge in [-0.05, 0) is 49.5 Å². The van der Waals surface area contributed by atoms with Crippen molar-refractivity contribution in [3.8, 4) is 17.1 Å². The van der Waals surface area contributed by atoms with Gasteiger partial charge in [0.2, 0.25) is 0 Å². The monoisotopic (exact) mass is 408 g/mol. The Kier molecular flexibility index (Phi) is 8.85. The molecule has 4 nitrogen and oxygen atoms in total. The van der Waals surface area contributed by atoms with Gasteiger partial charge in [-0.25, -0.2) is 9.97 Å². The zero-order valence-electron chi connectivity index (χ0n) is 18.6. The summed E-state index contributed by atoms with van der Waals surface area (Å²) in [5, 5.41) is 0. The van der Waals surface area contributed by atoms with E-state index in [1.807, 2.05) is 0 Å². The Hall–Kier alpha value is -2.23. The molecule has 30 heavy (non-hydrogen) atoms. The van der Waals surface area contributed by atoms with Gasteiger partial charge in [0.05, 0.1) is 12.4 Å². The molecular formula is C26H36N2O2. The van der Waals surface area contributed by atoms with Crippen LogP contribution < -0.4 is 4.74 Å². The van der Waals surface area contributed by atoms with Gasteiger partial charge in [0, 0.05) is 12.0 Å². The van der Waals surface area contributed by atoms with Crippen molar-refractivity contribution >= 4 is 5.97 Å². The van der Waals surface area contributed by atoms with E-state index in [2.05, 4.69) is 48.1 Å². The van der Waals surface area contributed by atoms with E-state index in [0.717, 1.165) is 37.2 Å². The molecule has 2 aromatic rings. The smallest absolute Gasteiger partial charge is 0.311 e. The number of hydrogen-bond donors (Lipinski definition) is 0. The Morgan fingerprint density at radius 1 is 0.933 bits per heavy atom. The van der Waals surface area contributed by atoms with E-state index in [0.29, 0.717) is 23.9 Å². The molecule has 162 valence electrons. The minimum absolute atomic E-state index is 0.208. The molecule has 0 spiro atoms. The maximum Gasteiger partial charge on any atom is 0.311 e. The van der Waals surface area contributed by atoms with Crippen LogP contribution in [0.25, 0.3) is 11.4 Å². The number of carbonyl (C=O) groups excluding carboxylic acids is 1. The highest BCUT2D eigenvalue weighted by molar-refractivity contribution is 5.72. The van der Waals surface area contributed by atoms with E-state index in [1.165, 1.54) is 44.1 Å². The average molecular weight is 409 g/mol. The highest BCUT2D eigenvalue weighted by Crippen LogP contribution is 2.37. The molecule has 1 aromatic carbocycles. The van der Waals surface area contributed by atoms with Crippen LogP contribution in [0.3, 0.4) is 0 Å². The molecule has 0 amide bonds. The fourth-order valence-electron chi connectivity index (χ4n) is 4.49. The molecular weight excluding hydrogens is 372 g/mol. The van der Waals surface area contributed by atoms with Gasteiger partial charge < -0.3 is 4.74 Å². The van der Waals surface area contributed by atoms with Crippen molar-refractivity contribution in [2.24, 2.45) is 5.92 Å². The first kappa shape index (κ1) is 22.5. The van der Waals surface area contributed by atoms with Crippen molar-refractivity contribution in [3.05, 3.63) is 42.2 Å². The fourth-order valence-corrected chi connectivity index (χ4v) is 4.49. The average Bonchev–Trinajstić information content (AvgIpc) is 2.78. The summed E-state index contributed by atoms with van der Waals surface area (Å²) in [5.41, 5.74) is 2.43. The maximum atomic E-state index is 11.9. The lowest BCUT2D eigenvalue weighted by Crippen LogP contribution is -2.13. The van der Waals surface area contributed by atoms with E-state index in [1.54, 1.807) is 12.4 Å². The maximum absolute atomic E-state index is 11.9. The van der Waals surface area contributed by atoms with E-state index in [9.17, 15) is 4.79 Å². The molecule has 0 N–H and O–H groups in total. The first-order chi connectivity index (χ1) is 14.7.